The van der Waals surface area contributed by atoms with E-state index in [1.165, 1.54) is 0 Å². The Hall–Kier alpha value is -0.220. The molecule has 1 N–H and O–H groups in total. The van der Waals surface area contributed by atoms with Gasteiger partial charge < -0.3 is 10.2 Å². The lowest BCUT2D eigenvalue weighted by atomic mass is 10.1. The van der Waals surface area contributed by atoms with Crippen LogP contribution in [0.4, 0.5) is 8.78 Å². The van der Waals surface area contributed by atoms with Gasteiger partial charge in [0.05, 0.1) is 6.04 Å². The van der Waals surface area contributed by atoms with E-state index in [1.807, 2.05) is 34.7 Å². The Balaban J connectivity index is 0. The largest absolute Gasteiger partial charge is 0.308 e. The first kappa shape index (κ1) is 21.1. The number of nitrogens with zero attached hydrogens (tertiary/aromatic N) is 1. The molecule has 0 bridgehead atoms. The van der Waals surface area contributed by atoms with Gasteiger partial charge in [-0.05, 0) is 33.0 Å². The SMILES string of the molecule is CC.CC.CCCCN(C)CCC1NCCC1(F)F. The summed E-state index contributed by atoms with van der Waals surface area (Å²) in [6.07, 6.45) is 2.84. The third-order valence-electron chi connectivity index (χ3n) is 3.05. The third-order valence-corrected chi connectivity index (χ3v) is 3.05. The van der Waals surface area contributed by atoms with Crippen LogP contribution in [-0.4, -0.2) is 43.5 Å². The van der Waals surface area contributed by atoms with Crippen LogP contribution in [0.15, 0.2) is 0 Å². The molecule has 4 heteroatoms. The van der Waals surface area contributed by atoms with E-state index in [4.69, 9.17) is 0 Å². The Kier molecular flexibility index (Phi) is 14.2. The molecule has 19 heavy (non-hydrogen) atoms. The van der Waals surface area contributed by atoms with Crippen molar-refractivity contribution in [3.8, 4) is 0 Å². The average molecular weight is 280 g/mol. The lowest BCUT2D eigenvalue weighted by molar-refractivity contribution is -0.0150. The van der Waals surface area contributed by atoms with Crippen LogP contribution in [0.25, 0.3) is 0 Å². The zero-order chi connectivity index (χ0) is 15.3. The predicted molar refractivity (Wildman–Crippen MR) is 81.1 cm³/mol. The Morgan fingerprint density at radius 3 is 2.16 bits per heavy atom. The minimum Gasteiger partial charge on any atom is -0.308 e. The maximum atomic E-state index is 13.2. The van der Waals surface area contributed by atoms with Gasteiger partial charge in [-0.25, -0.2) is 8.78 Å². The Morgan fingerprint density at radius 2 is 1.74 bits per heavy atom. The van der Waals surface area contributed by atoms with Crippen molar-refractivity contribution in [1.29, 1.82) is 0 Å². The third kappa shape index (κ3) is 9.33. The molecule has 0 aliphatic carbocycles. The lowest BCUT2D eigenvalue weighted by Crippen LogP contribution is -2.38. The van der Waals surface area contributed by atoms with Crippen molar-refractivity contribution in [2.75, 3.05) is 26.7 Å². The smallest absolute Gasteiger partial charge is 0.264 e. The molecule has 0 amide bonds. The average Bonchev–Trinajstić information content (AvgIpc) is 2.77. The van der Waals surface area contributed by atoms with E-state index in [0.29, 0.717) is 13.0 Å². The summed E-state index contributed by atoms with van der Waals surface area (Å²) in [4.78, 5) is 2.14. The van der Waals surface area contributed by atoms with E-state index >= 15 is 0 Å². The van der Waals surface area contributed by atoms with Crippen molar-refractivity contribution in [1.82, 2.24) is 10.2 Å². The van der Waals surface area contributed by atoms with Gasteiger partial charge >= 0.3 is 0 Å². The summed E-state index contributed by atoms with van der Waals surface area (Å²) >= 11 is 0. The number of nitrogens with one attached hydrogen (secondary N) is 1. The van der Waals surface area contributed by atoms with Crippen molar-refractivity contribution in [2.45, 2.75) is 72.3 Å². The maximum absolute atomic E-state index is 13.2. The Labute approximate surface area is 118 Å². The molecule has 1 heterocycles. The Morgan fingerprint density at radius 1 is 1.16 bits per heavy atom. The summed E-state index contributed by atoms with van der Waals surface area (Å²) in [6, 6.07) is -0.610. The second-order valence-corrected chi connectivity index (χ2v) is 4.46. The maximum Gasteiger partial charge on any atom is 0.264 e. The zero-order valence-corrected chi connectivity index (χ0v) is 13.7. The van der Waals surface area contributed by atoms with E-state index in [9.17, 15) is 8.78 Å². The van der Waals surface area contributed by atoms with Crippen LogP contribution in [-0.2, 0) is 0 Å². The molecule has 0 aromatic rings. The molecule has 2 nitrogen and oxygen atoms in total. The number of hydrogen-bond acceptors (Lipinski definition) is 2. The van der Waals surface area contributed by atoms with Crippen LogP contribution in [0.2, 0.25) is 0 Å². The van der Waals surface area contributed by atoms with Gasteiger partial charge in [-0.15, -0.1) is 0 Å². The van der Waals surface area contributed by atoms with Gasteiger partial charge in [-0.2, -0.15) is 0 Å². The summed E-state index contributed by atoms with van der Waals surface area (Å²) in [5.74, 6) is -2.49. The van der Waals surface area contributed by atoms with Crippen LogP contribution >= 0.6 is 0 Å². The molecule has 1 fully saturated rings. The summed E-state index contributed by atoms with van der Waals surface area (Å²) < 4.78 is 26.5. The number of rotatable bonds is 6. The first-order valence-electron chi connectivity index (χ1n) is 7.86. The molecule has 0 aromatic heterocycles. The first-order valence-corrected chi connectivity index (χ1v) is 7.86. The fourth-order valence-electron chi connectivity index (χ4n) is 1.94. The van der Waals surface area contributed by atoms with E-state index in [-0.39, 0.29) is 6.42 Å². The highest BCUT2D eigenvalue weighted by atomic mass is 19.3. The minimum atomic E-state index is -2.49. The quantitative estimate of drug-likeness (QED) is 0.786. The van der Waals surface area contributed by atoms with Crippen molar-refractivity contribution in [3.63, 3.8) is 0 Å². The molecule has 1 unspecified atom stereocenters. The van der Waals surface area contributed by atoms with Crippen molar-refractivity contribution in [3.05, 3.63) is 0 Å². The fourth-order valence-corrected chi connectivity index (χ4v) is 1.94. The first-order chi connectivity index (χ1) is 9.06. The normalized spacial score (nSPS) is 20.4. The summed E-state index contributed by atoms with van der Waals surface area (Å²) in [5.41, 5.74) is 0. The van der Waals surface area contributed by atoms with Gasteiger partial charge in [-0.3, -0.25) is 0 Å². The van der Waals surface area contributed by atoms with Crippen molar-refractivity contribution >= 4 is 0 Å². The van der Waals surface area contributed by atoms with Gasteiger partial charge in [0.15, 0.2) is 0 Å². The van der Waals surface area contributed by atoms with E-state index in [1.54, 1.807) is 0 Å². The van der Waals surface area contributed by atoms with E-state index in [0.717, 1.165) is 25.9 Å². The van der Waals surface area contributed by atoms with Crippen LogP contribution in [0.1, 0.15) is 60.3 Å². The molecular formula is C15H34F2N2. The molecule has 1 rings (SSSR count). The second kappa shape index (κ2) is 12.8. The van der Waals surface area contributed by atoms with E-state index in [2.05, 4.69) is 17.1 Å². The zero-order valence-electron chi connectivity index (χ0n) is 13.7. The topological polar surface area (TPSA) is 15.3 Å². The van der Waals surface area contributed by atoms with E-state index < -0.39 is 12.0 Å². The van der Waals surface area contributed by atoms with Gasteiger partial charge in [0.25, 0.3) is 5.92 Å². The number of unbranched alkanes of at least 4 members (excludes halogenated alkanes) is 1. The number of halogens is 2. The highest BCUT2D eigenvalue weighted by molar-refractivity contribution is 4.90. The van der Waals surface area contributed by atoms with Crippen molar-refractivity contribution < 1.29 is 8.78 Å². The number of hydrogen-bond donors (Lipinski definition) is 1. The van der Waals surface area contributed by atoms with Crippen molar-refractivity contribution in [2.24, 2.45) is 0 Å². The molecular weight excluding hydrogens is 246 g/mol. The molecule has 1 aliphatic heterocycles. The molecule has 0 radical (unpaired) electrons. The fraction of sp³-hybridized carbons (Fsp3) is 1.00. The highest BCUT2D eigenvalue weighted by Gasteiger charge is 2.43. The minimum absolute atomic E-state index is 0.00363. The Bertz CT molecular complexity index is 187. The lowest BCUT2D eigenvalue weighted by Gasteiger charge is -2.22. The summed E-state index contributed by atoms with van der Waals surface area (Å²) in [6.45, 7) is 12.4. The molecule has 1 saturated heterocycles. The summed E-state index contributed by atoms with van der Waals surface area (Å²) in [5, 5.41) is 2.88. The summed E-state index contributed by atoms with van der Waals surface area (Å²) in [7, 11) is 2.00. The second-order valence-electron chi connectivity index (χ2n) is 4.46. The van der Waals surface area contributed by atoms with Crippen LogP contribution in [0, 0.1) is 0 Å². The number of alkyl halides is 2. The van der Waals surface area contributed by atoms with Crippen LogP contribution in [0.5, 0.6) is 0 Å². The molecule has 1 aliphatic rings. The molecule has 0 aromatic carbocycles. The molecule has 1 atom stereocenters. The van der Waals surface area contributed by atoms with Crippen LogP contribution < -0.4 is 5.32 Å². The van der Waals surface area contributed by atoms with Gasteiger partial charge in [-0.1, -0.05) is 41.0 Å². The molecule has 0 spiro atoms. The molecule has 0 saturated carbocycles. The standard InChI is InChI=1S/C11H22F2N2.2C2H6/c1-3-4-8-15(2)9-5-10-11(12,13)6-7-14-10;2*1-2/h10,14H,3-9H2,1-2H3;2*1-2H3. The van der Waals surface area contributed by atoms with Gasteiger partial charge in [0.2, 0.25) is 0 Å². The monoisotopic (exact) mass is 280 g/mol. The van der Waals surface area contributed by atoms with Gasteiger partial charge in [0, 0.05) is 13.0 Å². The highest BCUT2D eigenvalue weighted by Crippen LogP contribution is 2.29. The molecule has 118 valence electrons. The predicted octanol–water partition coefficient (Wildman–Crippen LogP) is 4.16. The van der Waals surface area contributed by atoms with Crippen LogP contribution in [0.3, 0.4) is 0 Å². The van der Waals surface area contributed by atoms with Gasteiger partial charge in [0.1, 0.15) is 0 Å².